The number of hydrogen-bond acceptors (Lipinski definition) is 9. The van der Waals surface area contributed by atoms with E-state index in [-0.39, 0.29) is 6.04 Å². The van der Waals surface area contributed by atoms with Gasteiger partial charge in [-0.15, -0.1) is 0 Å². The summed E-state index contributed by atoms with van der Waals surface area (Å²) in [7, 11) is 1.53. The van der Waals surface area contributed by atoms with Gasteiger partial charge in [0.1, 0.15) is 11.7 Å². The summed E-state index contributed by atoms with van der Waals surface area (Å²) >= 11 is 12.5. The first-order valence-corrected chi connectivity index (χ1v) is 11.5. The van der Waals surface area contributed by atoms with E-state index in [0.717, 1.165) is 30.3 Å². The van der Waals surface area contributed by atoms with Crippen LogP contribution < -0.4 is 20.1 Å². The number of aromatic amines is 1. The summed E-state index contributed by atoms with van der Waals surface area (Å²) in [4.78, 5) is 14.8. The van der Waals surface area contributed by atoms with Gasteiger partial charge in [-0.3, -0.25) is 15.8 Å². The van der Waals surface area contributed by atoms with Crippen molar-refractivity contribution in [2.24, 2.45) is 5.73 Å². The Kier molecular flexibility index (Phi) is 6.30. The molecule has 0 unspecified atom stereocenters. The highest BCUT2D eigenvalue weighted by molar-refractivity contribution is 6.35. The zero-order valence-electron chi connectivity index (χ0n) is 18.6. The molecule has 1 fully saturated rings. The molecule has 4 heterocycles. The number of hydrogen-bond donors (Lipinski definition) is 2. The van der Waals surface area contributed by atoms with Crippen LogP contribution in [-0.4, -0.2) is 44.8 Å². The van der Waals surface area contributed by atoms with Crippen LogP contribution in [-0.2, 0) is 0 Å². The average Bonchev–Trinajstić information content (AvgIpc) is 3.50. The number of nitrogens with one attached hydrogen (secondary N) is 1. The van der Waals surface area contributed by atoms with Crippen LogP contribution in [0, 0.1) is 11.3 Å². The lowest BCUT2D eigenvalue weighted by Crippen LogP contribution is -2.29. The van der Waals surface area contributed by atoms with E-state index in [0.29, 0.717) is 44.3 Å². The van der Waals surface area contributed by atoms with Crippen LogP contribution in [0.15, 0.2) is 36.9 Å². The molecule has 1 aliphatic rings. The predicted octanol–water partition coefficient (Wildman–Crippen LogP) is 4.26. The molecule has 3 N–H and O–H groups in total. The summed E-state index contributed by atoms with van der Waals surface area (Å²) in [5.74, 6) is 1.36. The topological polar surface area (TPSA) is 139 Å². The van der Waals surface area contributed by atoms with Crippen LogP contribution in [0.2, 0.25) is 10.0 Å². The average molecular weight is 511 g/mol. The Morgan fingerprint density at radius 1 is 1.17 bits per heavy atom. The minimum Gasteiger partial charge on any atom is -0.493 e. The van der Waals surface area contributed by atoms with E-state index in [1.165, 1.54) is 19.5 Å². The first-order chi connectivity index (χ1) is 17.0. The van der Waals surface area contributed by atoms with Gasteiger partial charge in [0.15, 0.2) is 17.7 Å². The van der Waals surface area contributed by atoms with Crippen molar-refractivity contribution < 1.29 is 9.47 Å². The molecule has 0 bridgehead atoms. The summed E-state index contributed by atoms with van der Waals surface area (Å²) in [6.07, 6.45) is 7.08. The van der Waals surface area contributed by atoms with Gasteiger partial charge in [-0.1, -0.05) is 23.2 Å². The van der Waals surface area contributed by atoms with Gasteiger partial charge in [-0.25, -0.2) is 9.97 Å². The van der Waals surface area contributed by atoms with E-state index in [1.807, 2.05) is 4.90 Å². The van der Waals surface area contributed by atoms with Gasteiger partial charge in [0, 0.05) is 53.9 Å². The minimum atomic E-state index is -0.962. The van der Waals surface area contributed by atoms with E-state index in [9.17, 15) is 5.26 Å². The highest BCUT2D eigenvalue weighted by Gasteiger charge is 2.26. The van der Waals surface area contributed by atoms with Crippen molar-refractivity contribution in [3.63, 3.8) is 0 Å². The van der Waals surface area contributed by atoms with Crippen LogP contribution in [0.5, 0.6) is 11.5 Å². The molecule has 5 rings (SSSR count). The Bertz CT molecular complexity index is 1400. The number of pyridine rings is 1. The van der Waals surface area contributed by atoms with Gasteiger partial charge in [-0.2, -0.15) is 10.4 Å². The highest BCUT2D eigenvalue weighted by atomic mass is 35.5. The number of benzene rings is 1. The van der Waals surface area contributed by atoms with Crippen molar-refractivity contribution in [2.75, 3.05) is 18.6 Å². The second-order valence-corrected chi connectivity index (χ2v) is 8.74. The third-order valence-corrected chi connectivity index (χ3v) is 6.45. The first kappa shape index (κ1) is 23.1. The molecular formula is C23H20Cl2N8O2. The molecule has 10 nitrogen and oxygen atoms in total. The van der Waals surface area contributed by atoms with Gasteiger partial charge < -0.3 is 14.4 Å². The Balaban J connectivity index is 1.48. The monoisotopic (exact) mass is 510 g/mol. The second-order valence-electron chi connectivity index (χ2n) is 7.93. The number of anilines is 1. The van der Waals surface area contributed by atoms with E-state index in [1.54, 1.807) is 24.5 Å². The van der Waals surface area contributed by atoms with Gasteiger partial charge in [0.25, 0.3) is 0 Å². The molecule has 4 aromatic rings. The molecular weight excluding hydrogens is 491 g/mol. The Morgan fingerprint density at radius 2 is 1.91 bits per heavy atom. The number of H-pyrrole nitrogens is 1. The maximum Gasteiger partial charge on any atom is 0.226 e. The molecule has 1 aromatic carbocycles. The van der Waals surface area contributed by atoms with Crippen LogP contribution >= 0.6 is 23.2 Å². The second kappa shape index (κ2) is 9.54. The summed E-state index contributed by atoms with van der Waals surface area (Å²) in [5.41, 5.74) is 8.75. The van der Waals surface area contributed by atoms with Crippen molar-refractivity contribution in [3.05, 3.63) is 52.5 Å². The molecule has 1 saturated heterocycles. The molecule has 1 aliphatic heterocycles. The normalized spacial score (nSPS) is 16.3. The number of nitriles is 1. The number of methoxy groups -OCH3 is 1. The van der Waals surface area contributed by atoms with Crippen molar-refractivity contribution in [3.8, 4) is 28.8 Å². The lowest BCUT2D eigenvalue weighted by molar-refractivity contribution is 0.204. The van der Waals surface area contributed by atoms with Gasteiger partial charge in [-0.05, 0) is 18.9 Å². The largest absolute Gasteiger partial charge is 0.493 e. The van der Waals surface area contributed by atoms with Crippen molar-refractivity contribution >= 4 is 40.1 Å². The lowest BCUT2D eigenvalue weighted by atomic mass is 10.1. The van der Waals surface area contributed by atoms with E-state index < -0.39 is 6.23 Å². The van der Waals surface area contributed by atoms with Crippen LogP contribution in [0.4, 0.5) is 5.95 Å². The SMILES string of the molecule is COc1cc2[nH]nc(-c3cnc(N4CCC[C@H]4C#N)nc3)c2cc1O[C@H](N)c1c(Cl)cncc1Cl. The van der Waals surface area contributed by atoms with Crippen LogP contribution in [0.25, 0.3) is 22.2 Å². The molecule has 0 saturated carbocycles. The maximum absolute atomic E-state index is 9.35. The summed E-state index contributed by atoms with van der Waals surface area (Å²) < 4.78 is 11.5. The molecule has 0 spiro atoms. The number of fused-ring (bicyclic) bond motifs is 1. The first-order valence-electron chi connectivity index (χ1n) is 10.8. The number of ether oxygens (including phenoxy) is 2. The fraction of sp³-hybridized carbons (Fsp3) is 0.261. The number of halogens is 2. The molecule has 35 heavy (non-hydrogen) atoms. The predicted molar refractivity (Wildman–Crippen MR) is 131 cm³/mol. The fourth-order valence-corrected chi connectivity index (χ4v) is 4.70. The third-order valence-electron chi connectivity index (χ3n) is 5.85. The van der Waals surface area contributed by atoms with Crippen molar-refractivity contribution in [1.82, 2.24) is 25.1 Å². The fourth-order valence-electron chi connectivity index (χ4n) is 4.12. The summed E-state index contributed by atoms with van der Waals surface area (Å²) in [6, 6.07) is 5.64. The third kappa shape index (κ3) is 4.30. The van der Waals surface area contributed by atoms with Gasteiger partial charge in [0.2, 0.25) is 5.95 Å². The van der Waals surface area contributed by atoms with Crippen molar-refractivity contribution in [2.45, 2.75) is 25.1 Å². The highest BCUT2D eigenvalue weighted by Crippen LogP contribution is 2.39. The maximum atomic E-state index is 9.35. The quantitative estimate of drug-likeness (QED) is 0.364. The molecule has 0 radical (unpaired) electrons. The summed E-state index contributed by atoms with van der Waals surface area (Å²) in [5, 5.41) is 18.1. The minimum absolute atomic E-state index is 0.203. The van der Waals surface area contributed by atoms with Crippen molar-refractivity contribution in [1.29, 1.82) is 5.26 Å². The van der Waals surface area contributed by atoms with Crippen LogP contribution in [0.1, 0.15) is 24.6 Å². The molecule has 3 aromatic heterocycles. The lowest BCUT2D eigenvalue weighted by Gasteiger charge is -2.19. The van der Waals surface area contributed by atoms with Crippen LogP contribution in [0.3, 0.4) is 0 Å². The zero-order valence-corrected chi connectivity index (χ0v) is 20.1. The molecule has 178 valence electrons. The Morgan fingerprint density at radius 3 is 2.60 bits per heavy atom. The number of aromatic nitrogens is 5. The summed E-state index contributed by atoms with van der Waals surface area (Å²) in [6.45, 7) is 0.759. The standard InChI is InChI=1S/C23H20Cl2N8O2/c1-34-18-6-17-14(5-19(18)35-22(27)20-15(24)10-28-11-16(20)25)21(32-31-17)12-8-29-23(30-9-12)33-4-2-3-13(33)7-26/h5-6,8-11,13,22H,2-4,27H2,1H3,(H,31,32)/t13-,22-/m0/s1. The Labute approximate surface area is 210 Å². The number of nitrogens with zero attached hydrogens (tertiary/aromatic N) is 6. The van der Waals surface area contributed by atoms with E-state index >= 15 is 0 Å². The zero-order chi connectivity index (χ0) is 24.5. The van der Waals surface area contributed by atoms with E-state index in [2.05, 4.69) is 31.2 Å². The molecule has 0 amide bonds. The molecule has 0 aliphatic carbocycles. The molecule has 2 atom stereocenters. The van der Waals surface area contributed by atoms with Gasteiger partial charge in [0.05, 0.1) is 28.7 Å². The smallest absolute Gasteiger partial charge is 0.226 e. The Hall–Kier alpha value is -3.65. The van der Waals surface area contributed by atoms with Gasteiger partial charge >= 0.3 is 0 Å². The number of nitrogens with two attached hydrogens (primary N) is 1. The van der Waals surface area contributed by atoms with E-state index in [4.69, 9.17) is 38.4 Å². The molecule has 12 heteroatoms. The number of rotatable bonds is 6.